The van der Waals surface area contributed by atoms with Crippen molar-refractivity contribution in [1.29, 1.82) is 0 Å². The van der Waals surface area contributed by atoms with Crippen molar-refractivity contribution in [1.82, 2.24) is 4.90 Å². The Balaban J connectivity index is 1.94. The van der Waals surface area contributed by atoms with Crippen LogP contribution in [0, 0.1) is 6.92 Å². The van der Waals surface area contributed by atoms with Gasteiger partial charge in [-0.1, -0.05) is 36.4 Å². The molecule has 22 heavy (non-hydrogen) atoms. The summed E-state index contributed by atoms with van der Waals surface area (Å²) in [6.45, 7) is 2.46. The Morgan fingerprint density at radius 1 is 1.14 bits per heavy atom. The van der Waals surface area contributed by atoms with Gasteiger partial charge >= 0.3 is 0 Å². The third-order valence-electron chi connectivity index (χ3n) is 3.49. The van der Waals surface area contributed by atoms with Crippen LogP contribution < -0.4 is 4.74 Å². The molecule has 1 amide bonds. The van der Waals surface area contributed by atoms with Gasteiger partial charge in [0.15, 0.2) is 12.9 Å². The number of hydrogen-bond acceptors (Lipinski definition) is 3. The average Bonchev–Trinajstić information content (AvgIpc) is 2.54. The second-order valence-electron chi connectivity index (χ2n) is 5.12. The number of carbonyl (C=O) groups excluding carboxylic acids is 2. The quantitative estimate of drug-likeness (QED) is 0.770. The van der Waals surface area contributed by atoms with Gasteiger partial charge in [-0.25, -0.2) is 0 Å². The lowest BCUT2D eigenvalue weighted by Gasteiger charge is -2.19. The van der Waals surface area contributed by atoms with Crippen LogP contribution in [-0.2, 0) is 11.3 Å². The van der Waals surface area contributed by atoms with Crippen LogP contribution >= 0.6 is 0 Å². The molecule has 0 N–H and O–H groups in total. The number of hydrogen-bond donors (Lipinski definition) is 0. The molecule has 2 aromatic rings. The third-order valence-corrected chi connectivity index (χ3v) is 3.49. The zero-order valence-electron chi connectivity index (χ0n) is 12.8. The van der Waals surface area contributed by atoms with E-state index in [4.69, 9.17) is 4.74 Å². The Morgan fingerprint density at radius 2 is 1.82 bits per heavy atom. The molecule has 0 aliphatic heterocycles. The molecule has 0 heterocycles. The Hall–Kier alpha value is -2.62. The molecular weight excluding hydrogens is 278 g/mol. The minimum atomic E-state index is -0.135. The van der Waals surface area contributed by atoms with Gasteiger partial charge in [-0.2, -0.15) is 0 Å². The molecule has 0 radical (unpaired) electrons. The number of ether oxygens (including phenoxy) is 1. The van der Waals surface area contributed by atoms with E-state index in [2.05, 4.69) is 0 Å². The molecular formula is C18H19NO3. The highest BCUT2D eigenvalue weighted by atomic mass is 16.5. The molecule has 4 heteroatoms. The molecule has 0 fully saturated rings. The van der Waals surface area contributed by atoms with E-state index in [0.29, 0.717) is 17.9 Å². The number of amides is 1. The van der Waals surface area contributed by atoms with Crippen LogP contribution in [0.3, 0.4) is 0 Å². The summed E-state index contributed by atoms with van der Waals surface area (Å²) in [5.41, 5.74) is 2.69. The molecule has 0 aliphatic carbocycles. The monoisotopic (exact) mass is 297 g/mol. The van der Waals surface area contributed by atoms with Crippen molar-refractivity contribution >= 4 is 12.2 Å². The van der Waals surface area contributed by atoms with Crippen LogP contribution in [0.25, 0.3) is 0 Å². The van der Waals surface area contributed by atoms with Crippen LogP contribution in [0.15, 0.2) is 48.5 Å². The molecule has 2 rings (SSSR count). The van der Waals surface area contributed by atoms with Crippen molar-refractivity contribution in [3.8, 4) is 5.75 Å². The first-order chi connectivity index (χ1) is 10.6. The zero-order chi connectivity index (χ0) is 15.9. The van der Waals surface area contributed by atoms with Gasteiger partial charge in [0.1, 0.15) is 5.75 Å². The second kappa shape index (κ2) is 7.41. The predicted octanol–water partition coefficient (Wildman–Crippen LogP) is 2.84. The summed E-state index contributed by atoms with van der Waals surface area (Å²) in [5.74, 6) is 0.291. The molecule has 4 nitrogen and oxygen atoms in total. The maximum Gasteiger partial charge on any atom is 0.260 e. The normalized spacial score (nSPS) is 10.1. The van der Waals surface area contributed by atoms with E-state index >= 15 is 0 Å². The number of likely N-dealkylation sites (N-methyl/N-ethyl adjacent to an activating group) is 1. The van der Waals surface area contributed by atoms with Crippen molar-refractivity contribution in [3.05, 3.63) is 65.2 Å². The van der Waals surface area contributed by atoms with Crippen molar-refractivity contribution in [2.75, 3.05) is 13.7 Å². The highest BCUT2D eigenvalue weighted by Crippen LogP contribution is 2.16. The number of para-hydroxylation sites is 1. The Bertz CT molecular complexity index is 667. The third kappa shape index (κ3) is 3.95. The number of nitrogens with zero attached hydrogens (tertiary/aromatic N) is 1. The van der Waals surface area contributed by atoms with E-state index in [0.717, 1.165) is 17.4 Å². The van der Waals surface area contributed by atoms with Gasteiger partial charge in [-0.15, -0.1) is 0 Å². The second-order valence-corrected chi connectivity index (χ2v) is 5.12. The number of aldehydes is 1. The van der Waals surface area contributed by atoms with E-state index in [9.17, 15) is 9.59 Å². The fourth-order valence-electron chi connectivity index (χ4n) is 2.09. The van der Waals surface area contributed by atoms with Crippen LogP contribution in [0.2, 0.25) is 0 Å². The summed E-state index contributed by atoms with van der Waals surface area (Å²) >= 11 is 0. The molecule has 0 saturated heterocycles. The summed E-state index contributed by atoms with van der Waals surface area (Å²) in [4.78, 5) is 24.7. The molecule has 0 unspecified atom stereocenters. The summed E-state index contributed by atoms with van der Waals surface area (Å²) in [6, 6.07) is 14.8. The van der Waals surface area contributed by atoms with Crippen LogP contribution in [0.1, 0.15) is 21.5 Å². The molecule has 0 bridgehead atoms. The molecule has 2 aromatic carbocycles. The SMILES string of the molecule is Cc1ccccc1CN(C)C(=O)COc1ccccc1C=O. The lowest BCUT2D eigenvalue weighted by atomic mass is 10.1. The number of benzene rings is 2. The highest BCUT2D eigenvalue weighted by Gasteiger charge is 2.12. The first-order valence-electron chi connectivity index (χ1n) is 7.07. The first kappa shape index (κ1) is 15.8. The maximum absolute atomic E-state index is 12.1. The molecule has 0 aromatic heterocycles. The number of aryl methyl sites for hydroxylation is 1. The van der Waals surface area contributed by atoms with Gasteiger partial charge in [-0.3, -0.25) is 9.59 Å². The smallest absolute Gasteiger partial charge is 0.260 e. The molecule has 0 saturated carbocycles. The topological polar surface area (TPSA) is 46.6 Å². The van der Waals surface area contributed by atoms with Gasteiger partial charge < -0.3 is 9.64 Å². The largest absolute Gasteiger partial charge is 0.483 e. The van der Waals surface area contributed by atoms with Gasteiger partial charge in [0, 0.05) is 13.6 Å². The van der Waals surface area contributed by atoms with Crippen LogP contribution in [0.4, 0.5) is 0 Å². The fraction of sp³-hybridized carbons (Fsp3) is 0.222. The predicted molar refractivity (Wildman–Crippen MR) is 85.0 cm³/mol. The summed E-state index contributed by atoms with van der Waals surface area (Å²) in [7, 11) is 1.74. The van der Waals surface area contributed by atoms with Crippen molar-refractivity contribution in [2.24, 2.45) is 0 Å². The molecule has 0 aliphatic rings. The number of carbonyl (C=O) groups is 2. The molecule has 114 valence electrons. The van der Waals surface area contributed by atoms with E-state index in [1.807, 2.05) is 31.2 Å². The van der Waals surface area contributed by atoms with Gasteiger partial charge in [0.25, 0.3) is 5.91 Å². The van der Waals surface area contributed by atoms with Crippen molar-refractivity contribution < 1.29 is 14.3 Å². The minimum Gasteiger partial charge on any atom is -0.483 e. The summed E-state index contributed by atoms with van der Waals surface area (Å²) in [5, 5.41) is 0. The van der Waals surface area contributed by atoms with Crippen LogP contribution in [0.5, 0.6) is 5.75 Å². The first-order valence-corrected chi connectivity index (χ1v) is 7.07. The summed E-state index contributed by atoms with van der Waals surface area (Å²) < 4.78 is 5.46. The minimum absolute atomic E-state index is 0.0900. The van der Waals surface area contributed by atoms with E-state index in [1.165, 1.54) is 0 Å². The Morgan fingerprint density at radius 3 is 2.55 bits per heavy atom. The van der Waals surface area contributed by atoms with Crippen LogP contribution in [-0.4, -0.2) is 30.7 Å². The Kier molecular flexibility index (Phi) is 5.31. The van der Waals surface area contributed by atoms with Crippen molar-refractivity contribution in [3.63, 3.8) is 0 Å². The molecule has 0 spiro atoms. The maximum atomic E-state index is 12.1. The fourth-order valence-corrected chi connectivity index (χ4v) is 2.09. The van der Waals surface area contributed by atoms with Gasteiger partial charge in [0.2, 0.25) is 0 Å². The molecule has 0 atom stereocenters. The Labute approximate surface area is 130 Å². The number of rotatable bonds is 6. The van der Waals surface area contributed by atoms with Crippen molar-refractivity contribution in [2.45, 2.75) is 13.5 Å². The van der Waals surface area contributed by atoms with Gasteiger partial charge in [0.05, 0.1) is 5.56 Å². The lowest BCUT2D eigenvalue weighted by molar-refractivity contribution is -0.132. The highest BCUT2D eigenvalue weighted by molar-refractivity contribution is 5.80. The zero-order valence-corrected chi connectivity index (χ0v) is 12.8. The average molecular weight is 297 g/mol. The van der Waals surface area contributed by atoms with E-state index < -0.39 is 0 Å². The van der Waals surface area contributed by atoms with E-state index in [-0.39, 0.29) is 12.5 Å². The standard InChI is InChI=1S/C18H19NO3/c1-14-7-3-4-8-15(14)11-19(2)18(21)13-22-17-10-6-5-9-16(17)12-20/h3-10,12H,11,13H2,1-2H3. The van der Waals surface area contributed by atoms with E-state index in [1.54, 1.807) is 36.2 Å². The lowest BCUT2D eigenvalue weighted by Crippen LogP contribution is -2.31. The summed E-state index contributed by atoms with van der Waals surface area (Å²) in [6.07, 6.45) is 0.719. The van der Waals surface area contributed by atoms with Gasteiger partial charge in [-0.05, 0) is 30.2 Å².